The number of rotatable bonds is 7. The van der Waals surface area contributed by atoms with Crippen molar-refractivity contribution in [3.8, 4) is 11.5 Å². The van der Waals surface area contributed by atoms with Gasteiger partial charge in [0.1, 0.15) is 22.0 Å². The summed E-state index contributed by atoms with van der Waals surface area (Å²) in [6.45, 7) is 2.13. The van der Waals surface area contributed by atoms with Crippen molar-refractivity contribution in [2.75, 3.05) is 14.2 Å². The Morgan fingerprint density at radius 2 is 1.69 bits per heavy atom. The fraction of sp³-hybridized carbons (Fsp3) is 0.143. The molecule has 7 heteroatoms. The smallest absolute Gasteiger partial charge is 0.269 e. The van der Waals surface area contributed by atoms with E-state index in [1.807, 2.05) is 31.2 Å². The number of Topliss-reactive ketones (excluding diaryl/α,β-unsaturated/α-hetero) is 1. The molecule has 0 fully saturated rings. The van der Waals surface area contributed by atoms with Gasteiger partial charge in [0.2, 0.25) is 0 Å². The van der Waals surface area contributed by atoms with Crippen molar-refractivity contribution < 1.29 is 18.7 Å². The average Bonchev–Trinajstić information content (AvgIpc) is 3.13. The third-order valence-electron chi connectivity index (χ3n) is 5.43. The van der Waals surface area contributed by atoms with Crippen LogP contribution >= 0.6 is 11.3 Å². The second-order valence-electron chi connectivity index (χ2n) is 7.99. The van der Waals surface area contributed by atoms with E-state index in [0.29, 0.717) is 31.8 Å². The van der Waals surface area contributed by atoms with Crippen molar-refractivity contribution in [3.05, 3.63) is 114 Å². The standard InChI is InChI=1S/C28H24FNO4S/c1-18-7-9-19(10-8-18)12-26-28(32)30(17-20-5-4-6-22(29)11-20)27(35-26)16-25(31)21-13-23(33-2)15-24(14-21)34-3/h4-16H,17H2,1-3H3/b26-12+,27-16-. The Hall–Kier alpha value is -3.97. The van der Waals surface area contributed by atoms with Crippen LogP contribution in [0, 0.1) is 12.7 Å². The van der Waals surface area contributed by atoms with E-state index in [-0.39, 0.29) is 23.7 Å². The van der Waals surface area contributed by atoms with Crippen LogP contribution in [0.15, 0.2) is 71.5 Å². The minimum atomic E-state index is -0.387. The fourth-order valence-corrected chi connectivity index (χ4v) is 4.61. The Morgan fingerprint density at radius 1 is 1.00 bits per heavy atom. The summed E-state index contributed by atoms with van der Waals surface area (Å²) >= 11 is 1.21. The van der Waals surface area contributed by atoms with E-state index in [4.69, 9.17) is 9.47 Å². The molecule has 0 spiro atoms. The van der Waals surface area contributed by atoms with Gasteiger partial charge in [0.15, 0.2) is 5.78 Å². The van der Waals surface area contributed by atoms with Gasteiger partial charge >= 0.3 is 0 Å². The number of hydrogen-bond acceptors (Lipinski definition) is 5. The molecule has 0 saturated carbocycles. The molecule has 0 bridgehead atoms. The van der Waals surface area contributed by atoms with E-state index in [1.165, 1.54) is 48.3 Å². The molecule has 0 aliphatic rings. The van der Waals surface area contributed by atoms with E-state index in [9.17, 15) is 14.0 Å². The molecule has 0 unspecified atom stereocenters. The maximum Gasteiger partial charge on any atom is 0.269 e. The van der Waals surface area contributed by atoms with Gasteiger partial charge in [-0.05, 0) is 48.4 Å². The Bertz CT molecular complexity index is 1530. The lowest BCUT2D eigenvalue weighted by molar-refractivity contribution is 0.106. The molecule has 0 atom stereocenters. The Balaban J connectivity index is 1.86. The number of aromatic nitrogens is 1. The topological polar surface area (TPSA) is 57.5 Å². The maximum atomic E-state index is 13.8. The van der Waals surface area contributed by atoms with Crippen LogP contribution in [0.4, 0.5) is 4.39 Å². The quantitative estimate of drug-likeness (QED) is 0.370. The van der Waals surface area contributed by atoms with Crippen molar-refractivity contribution in [3.63, 3.8) is 0 Å². The molecule has 1 aromatic heterocycles. The Labute approximate surface area is 206 Å². The van der Waals surface area contributed by atoms with E-state index in [2.05, 4.69) is 0 Å². The molecule has 0 aliphatic carbocycles. The molecule has 4 aromatic rings. The normalized spacial score (nSPS) is 12.1. The number of aryl methyl sites for hydroxylation is 1. The molecule has 35 heavy (non-hydrogen) atoms. The van der Waals surface area contributed by atoms with E-state index >= 15 is 0 Å². The summed E-state index contributed by atoms with van der Waals surface area (Å²) in [6, 6.07) is 18.8. The molecule has 4 rings (SSSR count). The second-order valence-corrected chi connectivity index (χ2v) is 9.05. The molecule has 1 heterocycles. The zero-order valence-electron chi connectivity index (χ0n) is 19.6. The average molecular weight is 490 g/mol. The highest BCUT2D eigenvalue weighted by Gasteiger charge is 2.12. The van der Waals surface area contributed by atoms with Gasteiger partial charge in [-0.25, -0.2) is 4.39 Å². The molecule has 3 aromatic carbocycles. The first-order valence-corrected chi connectivity index (χ1v) is 11.7. The van der Waals surface area contributed by atoms with Crippen molar-refractivity contribution in [2.24, 2.45) is 0 Å². The highest BCUT2D eigenvalue weighted by molar-refractivity contribution is 7.07. The summed E-state index contributed by atoms with van der Waals surface area (Å²) in [7, 11) is 3.02. The molecular formula is C28H24FNO4S. The second kappa shape index (κ2) is 10.5. The summed E-state index contributed by atoms with van der Waals surface area (Å²) in [5.41, 5.74) is 2.73. The molecular weight excluding hydrogens is 465 g/mol. The minimum absolute atomic E-state index is 0.134. The number of hydrogen-bond donors (Lipinski definition) is 0. The number of carbonyl (C=O) groups excluding carboxylic acids is 1. The van der Waals surface area contributed by atoms with E-state index < -0.39 is 0 Å². The number of ether oxygens (including phenoxy) is 2. The van der Waals surface area contributed by atoms with Gasteiger partial charge in [-0.15, -0.1) is 11.3 Å². The fourth-order valence-electron chi connectivity index (χ4n) is 3.57. The first-order chi connectivity index (χ1) is 16.9. The summed E-state index contributed by atoms with van der Waals surface area (Å²) in [4.78, 5) is 26.5. The zero-order chi connectivity index (χ0) is 24.9. The molecule has 5 nitrogen and oxygen atoms in total. The minimum Gasteiger partial charge on any atom is -0.497 e. The van der Waals surface area contributed by atoms with Crippen molar-refractivity contribution >= 4 is 29.3 Å². The van der Waals surface area contributed by atoms with E-state index in [0.717, 1.165) is 11.1 Å². The van der Waals surface area contributed by atoms with Gasteiger partial charge in [-0.1, -0.05) is 42.0 Å². The lowest BCUT2D eigenvalue weighted by Crippen LogP contribution is -2.32. The molecule has 0 saturated heterocycles. The van der Waals surface area contributed by atoms with Gasteiger partial charge in [0.25, 0.3) is 5.56 Å². The third kappa shape index (κ3) is 5.75. The van der Waals surface area contributed by atoms with Gasteiger partial charge in [0.05, 0.1) is 25.3 Å². The van der Waals surface area contributed by atoms with Gasteiger partial charge in [0, 0.05) is 17.7 Å². The molecule has 0 amide bonds. The summed E-state index contributed by atoms with van der Waals surface area (Å²) in [5, 5.41) is 0. The number of methoxy groups -OCH3 is 2. The Kier molecular flexibility index (Phi) is 7.27. The van der Waals surface area contributed by atoms with Crippen molar-refractivity contribution in [1.82, 2.24) is 4.57 Å². The van der Waals surface area contributed by atoms with Gasteiger partial charge in [-0.2, -0.15) is 0 Å². The van der Waals surface area contributed by atoms with Crippen LogP contribution in [0.25, 0.3) is 12.2 Å². The number of nitrogens with zero attached hydrogens (tertiary/aromatic N) is 1. The number of carbonyl (C=O) groups is 1. The lowest BCUT2D eigenvalue weighted by atomic mass is 10.1. The van der Waals surface area contributed by atoms with Crippen LogP contribution in [-0.2, 0) is 6.54 Å². The summed E-state index contributed by atoms with van der Waals surface area (Å²) < 4.78 is 26.8. The first-order valence-electron chi connectivity index (χ1n) is 10.9. The number of benzene rings is 3. The molecule has 0 N–H and O–H groups in total. The van der Waals surface area contributed by atoms with Crippen LogP contribution in [0.5, 0.6) is 11.5 Å². The van der Waals surface area contributed by atoms with Crippen LogP contribution in [0.1, 0.15) is 27.0 Å². The lowest BCUT2D eigenvalue weighted by Gasteiger charge is -2.06. The zero-order valence-corrected chi connectivity index (χ0v) is 20.4. The monoisotopic (exact) mass is 489 g/mol. The number of ketones is 1. The summed E-state index contributed by atoms with van der Waals surface area (Å²) in [6.07, 6.45) is 3.22. The third-order valence-corrected chi connectivity index (χ3v) is 6.49. The highest BCUT2D eigenvalue weighted by Crippen LogP contribution is 2.23. The van der Waals surface area contributed by atoms with Crippen molar-refractivity contribution in [2.45, 2.75) is 13.5 Å². The maximum absolute atomic E-state index is 13.8. The SMILES string of the molecule is COc1cc(OC)cc(C(=O)/C=c2\s/c(=C/c3ccc(C)cc3)c(=O)n2Cc2cccc(F)c2)c1. The number of halogens is 1. The molecule has 0 radical (unpaired) electrons. The predicted molar refractivity (Wildman–Crippen MR) is 136 cm³/mol. The highest BCUT2D eigenvalue weighted by atomic mass is 32.1. The van der Waals surface area contributed by atoms with Crippen LogP contribution in [-0.4, -0.2) is 24.6 Å². The largest absolute Gasteiger partial charge is 0.497 e. The molecule has 0 aliphatic heterocycles. The van der Waals surface area contributed by atoms with Crippen LogP contribution < -0.4 is 24.2 Å². The van der Waals surface area contributed by atoms with Crippen LogP contribution in [0.2, 0.25) is 0 Å². The van der Waals surface area contributed by atoms with E-state index in [1.54, 1.807) is 36.4 Å². The molecule has 178 valence electrons. The Morgan fingerprint density at radius 3 is 2.31 bits per heavy atom. The summed E-state index contributed by atoms with van der Waals surface area (Å²) in [5.74, 6) is 0.274. The van der Waals surface area contributed by atoms with Gasteiger partial charge < -0.3 is 9.47 Å². The first kappa shape index (κ1) is 24.2. The van der Waals surface area contributed by atoms with Crippen LogP contribution in [0.3, 0.4) is 0 Å². The predicted octanol–water partition coefficient (Wildman–Crippen LogP) is 3.92. The van der Waals surface area contributed by atoms with Crippen molar-refractivity contribution in [1.29, 1.82) is 0 Å². The van der Waals surface area contributed by atoms with Gasteiger partial charge in [-0.3, -0.25) is 14.2 Å². The number of thiazole rings is 1.